The molecule has 0 saturated heterocycles. The zero-order chi connectivity index (χ0) is 31.4. The minimum Gasteiger partial charge on any atom is -0.469 e. The first kappa shape index (κ1) is 32.4. The fraction of sp³-hybridized carbons (Fsp3) is 0.417. The third kappa shape index (κ3) is 7.20. The third-order valence-corrected chi connectivity index (χ3v) is 9.46. The van der Waals surface area contributed by atoms with Gasteiger partial charge in [0.25, 0.3) is 10.1 Å². The average Bonchev–Trinajstić information content (AvgIpc) is 3.41. The van der Waals surface area contributed by atoms with Gasteiger partial charge in [-0.05, 0) is 103 Å². The molecule has 0 radical (unpaired) electrons. The normalized spacial score (nSPS) is 14.7. The van der Waals surface area contributed by atoms with Crippen LogP contribution in [0.4, 0.5) is 4.39 Å². The van der Waals surface area contributed by atoms with Crippen molar-refractivity contribution in [2.75, 3.05) is 13.4 Å². The number of rotatable bonds is 9. The quantitative estimate of drug-likeness (QED) is 0.143. The highest BCUT2D eigenvalue weighted by molar-refractivity contribution is 7.86. The maximum absolute atomic E-state index is 14.8. The summed E-state index contributed by atoms with van der Waals surface area (Å²) in [6, 6.07) is 17.7. The Kier molecular flexibility index (Phi) is 9.83. The van der Waals surface area contributed by atoms with Crippen LogP contribution in [0.3, 0.4) is 0 Å². The number of carbonyl (C=O) groups is 1. The number of esters is 1. The van der Waals surface area contributed by atoms with Gasteiger partial charge in [-0.15, -0.1) is 0 Å². The maximum atomic E-state index is 14.8. The Morgan fingerprint density at radius 1 is 0.953 bits per heavy atom. The largest absolute Gasteiger partial charge is 0.469 e. The minimum absolute atomic E-state index is 0.102. The first-order chi connectivity index (χ1) is 20.3. The van der Waals surface area contributed by atoms with Gasteiger partial charge >= 0.3 is 5.97 Å². The molecule has 0 bridgehead atoms. The van der Waals surface area contributed by atoms with E-state index >= 15 is 0 Å². The van der Waals surface area contributed by atoms with E-state index in [9.17, 15) is 17.6 Å². The fourth-order valence-corrected chi connectivity index (χ4v) is 7.14. The van der Waals surface area contributed by atoms with Gasteiger partial charge in [0.2, 0.25) is 0 Å². The Morgan fingerprint density at radius 3 is 2.12 bits per heavy atom. The van der Waals surface area contributed by atoms with Gasteiger partial charge in [0.1, 0.15) is 11.4 Å². The van der Waals surface area contributed by atoms with Gasteiger partial charge in [0.05, 0.1) is 19.8 Å². The molecule has 0 heterocycles. The van der Waals surface area contributed by atoms with Crippen LogP contribution in [0.15, 0.2) is 54.6 Å². The van der Waals surface area contributed by atoms with Crippen molar-refractivity contribution in [2.45, 2.75) is 83.7 Å². The van der Waals surface area contributed by atoms with Gasteiger partial charge in [0, 0.05) is 11.0 Å². The van der Waals surface area contributed by atoms with E-state index in [1.54, 1.807) is 6.07 Å². The third-order valence-electron chi connectivity index (χ3n) is 8.84. The number of hydrogen-bond acceptors (Lipinski definition) is 5. The van der Waals surface area contributed by atoms with Crippen LogP contribution in [0.5, 0.6) is 0 Å². The molecule has 7 heteroatoms. The summed E-state index contributed by atoms with van der Waals surface area (Å²) in [4.78, 5) is 11.6. The van der Waals surface area contributed by atoms with Crippen LogP contribution in [-0.4, -0.2) is 33.4 Å². The van der Waals surface area contributed by atoms with Crippen molar-refractivity contribution in [3.05, 3.63) is 93.8 Å². The van der Waals surface area contributed by atoms with Crippen molar-refractivity contribution in [3.8, 4) is 23.0 Å². The van der Waals surface area contributed by atoms with Gasteiger partial charge in [-0.2, -0.15) is 8.42 Å². The molecule has 3 aromatic rings. The second-order valence-corrected chi connectivity index (χ2v) is 13.2. The first-order valence-electron chi connectivity index (χ1n) is 14.9. The molecule has 0 spiro atoms. The lowest BCUT2D eigenvalue weighted by atomic mass is 9.69. The Bertz CT molecular complexity index is 1670. The van der Waals surface area contributed by atoms with Crippen LogP contribution in [-0.2, 0) is 35.7 Å². The highest BCUT2D eigenvalue weighted by Gasteiger charge is 2.37. The van der Waals surface area contributed by atoms with Gasteiger partial charge in [-0.3, -0.25) is 8.98 Å². The number of halogens is 1. The molecule has 0 aliphatic heterocycles. The van der Waals surface area contributed by atoms with Crippen molar-refractivity contribution in [1.29, 1.82) is 0 Å². The number of carbonyl (C=O) groups excluding carboxylic acids is 1. The molecule has 0 N–H and O–H groups in total. The van der Waals surface area contributed by atoms with Crippen molar-refractivity contribution in [3.63, 3.8) is 0 Å². The van der Waals surface area contributed by atoms with Gasteiger partial charge < -0.3 is 4.74 Å². The molecule has 0 aromatic heterocycles. The lowest BCUT2D eigenvalue weighted by Crippen LogP contribution is -2.29. The van der Waals surface area contributed by atoms with E-state index in [2.05, 4.69) is 60.8 Å². The summed E-state index contributed by atoms with van der Waals surface area (Å²) in [5.41, 5.74) is 6.12. The summed E-state index contributed by atoms with van der Waals surface area (Å²) in [5, 5.41) is 0. The molecule has 1 aliphatic rings. The summed E-state index contributed by atoms with van der Waals surface area (Å²) < 4.78 is 48.8. The number of benzene rings is 3. The van der Waals surface area contributed by atoms with Crippen LogP contribution >= 0.6 is 0 Å². The van der Waals surface area contributed by atoms with Gasteiger partial charge in [0.15, 0.2) is 0 Å². The van der Waals surface area contributed by atoms with E-state index < -0.39 is 27.5 Å². The average molecular weight is 605 g/mol. The van der Waals surface area contributed by atoms with Gasteiger partial charge in [-0.25, -0.2) is 4.39 Å². The molecule has 228 valence electrons. The van der Waals surface area contributed by atoms with E-state index in [4.69, 9.17) is 4.18 Å². The van der Waals surface area contributed by atoms with Gasteiger partial charge in [-0.1, -0.05) is 68.2 Å². The lowest BCUT2D eigenvalue weighted by Gasteiger charge is -2.34. The smallest absolute Gasteiger partial charge is 0.310 e. The summed E-state index contributed by atoms with van der Waals surface area (Å²) in [6.07, 6.45) is 5.76. The minimum atomic E-state index is -3.62. The van der Waals surface area contributed by atoms with E-state index in [0.29, 0.717) is 18.4 Å². The topological polar surface area (TPSA) is 69.7 Å². The number of aryl methyl sites for hydroxylation is 2. The van der Waals surface area contributed by atoms with Crippen LogP contribution in [0.1, 0.15) is 85.8 Å². The van der Waals surface area contributed by atoms with Crippen molar-refractivity contribution < 1.29 is 26.5 Å². The highest BCUT2D eigenvalue weighted by atomic mass is 32.2. The van der Waals surface area contributed by atoms with Crippen LogP contribution in [0.2, 0.25) is 0 Å². The van der Waals surface area contributed by atoms with Crippen molar-refractivity contribution >= 4 is 16.1 Å². The Labute approximate surface area is 255 Å². The van der Waals surface area contributed by atoms with E-state index in [1.165, 1.54) is 24.3 Å². The molecule has 5 nitrogen and oxygen atoms in total. The SMILES string of the molecule is CCC(CC)(c1ccc(C#CC2(OS(C)(=O)=O)CCCC2)c(C)c1)c1ccc(-c2ccc(CC(=O)OC)c(F)c2)c(C)c1. The summed E-state index contributed by atoms with van der Waals surface area (Å²) in [5.74, 6) is 5.51. The second kappa shape index (κ2) is 13.0. The predicted molar refractivity (Wildman–Crippen MR) is 169 cm³/mol. The molecule has 1 aliphatic carbocycles. The lowest BCUT2D eigenvalue weighted by molar-refractivity contribution is -0.139. The van der Waals surface area contributed by atoms with E-state index in [0.717, 1.165) is 59.8 Å². The molecule has 4 rings (SSSR count). The van der Waals surface area contributed by atoms with Crippen LogP contribution in [0.25, 0.3) is 11.1 Å². The first-order valence-corrected chi connectivity index (χ1v) is 16.7. The Balaban J connectivity index is 1.66. The monoisotopic (exact) mass is 604 g/mol. The van der Waals surface area contributed by atoms with Crippen molar-refractivity contribution in [1.82, 2.24) is 0 Å². The number of ether oxygens (including phenoxy) is 1. The zero-order valence-corrected chi connectivity index (χ0v) is 26.8. The summed E-state index contributed by atoms with van der Waals surface area (Å²) >= 11 is 0. The molecule has 0 atom stereocenters. The Hall–Kier alpha value is -3.47. The molecule has 1 saturated carbocycles. The zero-order valence-electron chi connectivity index (χ0n) is 26.0. The molecule has 43 heavy (non-hydrogen) atoms. The Morgan fingerprint density at radius 2 is 1.58 bits per heavy atom. The molecule has 1 fully saturated rings. The summed E-state index contributed by atoms with van der Waals surface area (Å²) in [7, 11) is -2.32. The van der Waals surface area contributed by atoms with E-state index in [-0.39, 0.29) is 11.8 Å². The second-order valence-electron chi connectivity index (χ2n) is 11.6. The summed E-state index contributed by atoms with van der Waals surface area (Å²) in [6.45, 7) is 8.46. The molecule has 3 aromatic carbocycles. The fourth-order valence-electron chi connectivity index (χ4n) is 6.35. The molecule has 0 unspecified atom stereocenters. The van der Waals surface area contributed by atoms with Crippen molar-refractivity contribution in [2.24, 2.45) is 0 Å². The maximum Gasteiger partial charge on any atom is 0.310 e. The van der Waals surface area contributed by atoms with E-state index in [1.807, 2.05) is 26.0 Å². The molecular formula is C36H41FO5S. The van der Waals surface area contributed by atoms with Crippen LogP contribution in [0, 0.1) is 31.5 Å². The molecule has 0 amide bonds. The number of hydrogen-bond donors (Lipinski definition) is 0. The predicted octanol–water partition coefficient (Wildman–Crippen LogP) is 7.57. The highest BCUT2D eigenvalue weighted by Crippen LogP contribution is 2.41. The van der Waals surface area contributed by atoms with Crippen LogP contribution < -0.4 is 0 Å². The standard InChI is InChI=1S/C36H41FO5S/c1-7-36(8-2,30-14-13-27(25(3)21-30)17-20-35(18-9-10-19-35)42-43(6,39)40)31-15-16-32(26(4)22-31)28-11-12-29(33(37)23-28)24-34(38)41-5/h11-16,21-23H,7-10,18-19,24H2,1-6H3. The number of methoxy groups -OCH3 is 1. The molecular weight excluding hydrogens is 563 g/mol.